The molecule has 2 unspecified atom stereocenters. The molecule has 0 saturated heterocycles. The van der Waals surface area contributed by atoms with E-state index in [-0.39, 0.29) is 0 Å². The average Bonchev–Trinajstić information content (AvgIpc) is 2.72. The zero-order chi connectivity index (χ0) is 14.0. The van der Waals surface area contributed by atoms with Crippen LogP contribution in [0.1, 0.15) is 26.5 Å². The molecule has 3 nitrogen and oxygen atoms in total. The first-order valence-corrected chi connectivity index (χ1v) is 7.12. The summed E-state index contributed by atoms with van der Waals surface area (Å²) in [5, 5.41) is 9.40. The van der Waals surface area contributed by atoms with Gasteiger partial charge in [-0.25, -0.2) is 0 Å². The second kappa shape index (κ2) is 5.74. The maximum atomic E-state index is 4.72. The highest BCUT2D eigenvalue weighted by molar-refractivity contribution is 5.81. The lowest BCUT2D eigenvalue weighted by molar-refractivity contribution is 0.298. The summed E-state index contributed by atoms with van der Waals surface area (Å²) in [7, 11) is 4.06. The van der Waals surface area contributed by atoms with E-state index in [9.17, 15) is 0 Å². The van der Waals surface area contributed by atoms with Gasteiger partial charge >= 0.3 is 0 Å². The summed E-state index contributed by atoms with van der Waals surface area (Å²) >= 11 is 0. The molecule has 3 heteroatoms. The Morgan fingerprint density at radius 1 is 1.21 bits per heavy atom. The Balaban J connectivity index is 2.34. The number of aryl methyl sites for hydroxylation is 1. The van der Waals surface area contributed by atoms with E-state index < -0.39 is 0 Å². The van der Waals surface area contributed by atoms with Gasteiger partial charge in [-0.3, -0.25) is 4.68 Å². The molecule has 0 fully saturated rings. The molecule has 0 bridgehead atoms. The van der Waals surface area contributed by atoms with Gasteiger partial charge < -0.3 is 5.32 Å². The highest BCUT2D eigenvalue weighted by Gasteiger charge is 2.22. The van der Waals surface area contributed by atoms with Crippen LogP contribution in [0.25, 0.3) is 10.9 Å². The van der Waals surface area contributed by atoms with Crippen molar-refractivity contribution in [3.8, 4) is 0 Å². The largest absolute Gasteiger partial charge is 0.317 e. The maximum absolute atomic E-state index is 4.72. The molecule has 0 amide bonds. The third-order valence-electron chi connectivity index (χ3n) is 4.22. The van der Waals surface area contributed by atoms with E-state index in [0.717, 1.165) is 6.42 Å². The standard InChI is InChI=1S/C16H25N3/c1-11(2)14(12(3)17-4)10-15-13-8-6-7-9-16(13)19(5)18-15/h6-9,11-12,14,17H,10H2,1-5H3. The molecule has 1 N–H and O–H groups in total. The summed E-state index contributed by atoms with van der Waals surface area (Å²) in [5.74, 6) is 1.24. The molecular weight excluding hydrogens is 234 g/mol. The minimum absolute atomic E-state index is 0.501. The molecule has 0 aliphatic rings. The van der Waals surface area contributed by atoms with Crippen molar-refractivity contribution in [3.63, 3.8) is 0 Å². The number of nitrogens with zero attached hydrogens (tertiary/aromatic N) is 2. The molecule has 1 aromatic heterocycles. The highest BCUT2D eigenvalue weighted by atomic mass is 15.3. The summed E-state index contributed by atoms with van der Waals surface area (Å²) in [4.78, 5) is 0. The van der Waals surface area contributed by atoms with Crippen molar-refractivity contribution in [1.29, 1.82) is 0 Å². The minimum Gasteiger partial charge on any atom is -0.317 e. The first kappa shape index (κ1) is 14.1. The number of nitrogens with one attached hydrogen (secondary N) is 1. The van der Waals surface area contributed by atoms with Crippen molar-refractivity contribution in [3.05, 3.63) is 30.0 Å². The van der Waals surface area contributed by atoms with E-state index >= 15 is 0 Å². The van der Waals surface area contributed by atoms with Gasteiger partial charge in [-0.15, -0.1) is 0 Å². The van der Waals surface area contributed by atoms with Crippen molar-refractivity contribution in [2.75, 3.05) is 7.05 Å². The van der Waals surface area contributed by atoms with Crippen LogP contribution in [0.4, 0.5) is 0 Å². The lowest BCUT2D eigenvalue weighted by atomic mass is 9.85. The van der Waals surface area contributed by atoms with Crippen LogP contribution >= 0.6 is 0 Å². The molecule has 1 aromatic carbocycles. The number of aromatic nitrogens is 2. The fourth-order valence-electron chi connectivity index (χ4n) is 2.87. The molecule has 104 valence electrons. The molecule has 0 radical (unpaired) electrons. The van der Waals surface area contributed by atoms with Gasteiger partial charge in [0.25, 0.3) is 0 Å². The SMILES string of the molecule is CNC(C)C(Cc1nn(C)c2ccccc12)C(C)C. The van der Waals surface area contributed by atoms with E-state index in [1.807, 2.05) is 18.8 Å². The molecule has 1 heterocycles. The van der Waals surface area contributed by atoms with E-state index in [1.54, 1.807) is 0 Å². The quantitative estimate of drug-likeness (QED) is 0.894. The van der Waals surface area contributed by atoms with E-state index in [1.165, 1.54) is 16.6 Å². The van der Waals surface area contributed by atoms with Crippen molar-refractivity contribution >= 4 is 10.9 Å². The first-order chi connectivity index (χ1) is 9.04. The molecular formula is C16H25N3. The summed E-state index contributed by atoms with van der Waals surface area (Å²) in [6.45, 7) is 6.85. The van der Waals surface area contributed by atoms with Crippen LogP contribution in [0.2, 0.25) is 0 Å². The van der Waals surface area contributed by atoms with Crippen LogP contribution < -0.4 is 5.32 Å². The van der Waals surface area contributed by atoms with Crippen molar-refractivity contribution in [1.82, 2.24) is 15.1 Å². The zero-order valence-corrected chi connectivity index (χ0v) is 12.6. The Hall–Kier alpha value is -1.35. The van der Waals surface area contributed by atoms with E-state index in [4.69, 9.17) is 5.10 Å². The Morgan fingerprint density at radius 2 is 1.89 bits per heavy atom. The van der Waals surface area contributed by atoms with Crippen LogP contribution in [0.5, 0.6) is 0 Å². The topological polar surface area (TPSA) is 29.9 Å². The van der Waals surface area contributed by atoms with Crippen molar-refractivity contribution in [2.45, 2.75) is 33.2 Å². The Morgan fingerprint density at radius 3 is 2.53 bits per heavy atom. The fourth-order valence-corrected chi connectivity index (χ4v) is 2.87. The predicted octanol–water partition coefficient (Wildman–Crippen LogP) is 3.00. The monoisotopic (exact) mass is 259 g/mol. The second-order valence-electron chi connectivity index (χ2n) is 5.78. The van der Waals surface area contributed by atoms with Gasteiger partial charge in [-0.2, -0.15) is 5.10 Å². The minimum atomic E-state index is 0.501. The van der Waals surface area contributed by atoms with Crippen LogP contribution in [-0.2, 0) is 13.5 Å². The van der Waals surface area contributed by atoms with Gasteiger partial charge in [0.05, 0.1) is 11.2 Å². The molecule has 0 aliphatic heterocycles. The second-order valence-corrected chi connectivity index (χ2v) is 5.78. The number of hydrogen-bond donors (Lipinski definition) is 1. The lowest BCUT2D eigenvalue weighted by Crippen LogP contribution is -2.35. The van der Waals surface area contributed by atoms with Crippen LogP contribution in [0.3, 0.4) is 0 Å². The molecule has 0 aliphatic carbocycles. The van der Waals surface area contributed by atoms with Crippen LogP contribution in [-0.4, -0.2) is 22.9 Å². The molecule has 0 spiro atoms. The average molecular weight is 259 g/mol. The summed E-state index contributed by atoms with van der Waals surface area (Å²) in [6.07, 6.45) is 1.03. The Labute approximate surface area is 116 Å². The third kappa shape index (κ3) is 2.81. The van der Waals surface area contributed by atoms with Gasteiger partial charge in [0.2, 0.25) is 0 Å². The molecule has 2 rings (SSSR count). The summed E-state index contributed by atoms with van der Waals surface area (Å²) < 4.78 is 1.99. The lowest BCUT2D eigenvalue weighted by Gasteiger charge is -2.26. The number of fused-ring (bicyclic) bond motifs is 1. The number of hydrogen-bond acceptors (Lipinski definition) is 2. The van der Waals surface area contributed by atoms with Crippen molar-refractivity contribution < 1.29 is 0 Å². The van der Waals surface area contributed by atoms with E-state index in [0.29, 0.717) is 17.9 Å². The maximum Gasteiger partial charge on any atom is 0.0706 e. The number of para-hydroxylation sites is 1. The van der Waals surface area contributed by atoms with Crippen LogP contribution in [0, 0.1) is 11.8 Å². The van der Waals surface area contributed by atoms with Gasteiger partial charge in [0, 0.05) is 18.5 Å². The number of rotatable bonds is 5. The normalized spacial score (nSPS) is 15.1. The predicted molar refractivity (Wildman–Crippen MR) is 81.3 cm³/mol. The first-order valence-electron chi connectivity index (χ1n) is 7.12. The number of benzene rings is 1. The van der Waals surface area contributed by atoms with Gasteiger partial charge in [-0.05, 0) is 38.3 Å². The van der Waals surface area contributed by atoms with Gasteiger partial charge in [-0.1, -0.05) is 32.0 Å². The Bertz CT molecular complexity index is 542. The van der Waals surface area contributed by atoms with Gasteiger partial charge in [0.1, 0.15) is 0 Å². The van der Waals surface area contributed by atoms with E-state index in [2.05, 4.69) is 50.4 Å². The van der Waals surface area contributed by atoms with Crippen molar-refractivity contribution in [2.24, 2.45) is 18.9 Å². The third-order valence-corrected chi connectivity index (χ3v) is 4.22. The summed E-state index contributed by atoms with van der Waals surface area (Å²) in [6, 6.07) is 8.99. The Kier molecular flexibility index (Phi) is 4.25. The molecule has 2 aromatic rings. The molecule has 19 heavy (non-hydrogen) atoms. The summed E-state index contributed by atoms with van der Waals surface area (Å²) in [5.41, 5.74) is 2.44. The highest BCUT2D eigenvalue weighted by Crippen LogP contribution is 2.25. The fraction of sp³-hybridized carbons (Fsp3) is 0.562. The zero-order valence-electron chi connectivity index (χ0n) is 12.6. The van der Waals surface area contributed by atoms with Gasteiger partial charge in [0.15, 0.2) is 0 Å². The molecule has 0 saturated carbocycles. The molecule has 2 atom stereocenters. The van der Waals surface area contributed by atoms with Crippen LogP contribution in [0.15, 0.2) is 24.3 Å². The smallest absolute Gasteiger partial charge is 0.0706 e.